The van der Waals surface area contributed by atoms with Crippen LogP contribution in [0.25, 0.3) is 0 Å². The Morgan fingerprint density at radius 1 is 1.19 bits per heavy atom. The first-order valence-corrected chi connectivity index (χ1v) is 10.1. The summed E-state index contributed by atoms with van der Waals surface area (Å²) >= 11 is 5.97. The maximum absolute atomic E-state index is 13.1. The molecule has 0 aliphatic heterocycles. The molecular weight excluding hydrogens is 348 g/mol. The first-order chi connectivity index (χ1) is 12.6. The molecule has 0 saturated heterocycles. The topological polar surface area (TPSA) is 63.0 Å². The fourth-order valence-corrected chi connectivity index (χ4v) is 3.30. The summed E-state index contributed by atoms with van der Waals surface area (Å²) in [5.74, 6) is -0.587. The van der Waals surface area contributed by atoms with Crippen LogP contribution in [0.4, 0.5) is 0 Å². The van der Waals surface area contributed by atoms with E-state index >= 15 is 0 Å². The Morgan fingerprint density at radius 2 is 1.81 bits per heavy atom. The second kappa shape index (κ2) is 11.9. The SMILES string of the molecule is CCCCOC(=O)C(C#N)(c1ccc(Cl)cn1)C(CCCC)CCCC. The fraction of sp³-hybridized carbons (Fsp3) is 0.667. The van der Waals surface area contributed by atoms with Crippen molar-refractivity contribution in [2.45, 2.75) is 77.6 Å². The highest BCUT2D eigenvalue weighted by Crippen LogP contribution is 2.39. The number of aromatic nitrogens is 1. The van der Waals surface area contributed by atoms with Gasteiger partial charge >= 0.3 is 5.97 Å². The predicted octanol–water partition coefficient (Wildman–Crippen LogP) is 5.84. The molecule has 0 N–H and O–H groups in total. The zero-order valence-electron chi connectivity index (χ0n) is 16.3. The minimum atomic E-state index is -1.37. The van der Waals surface area contributed by atoms with Gasteiger partial charge in [0, 0.05) is 6.20 Å². The number of carbonyl (C=O) groups is 1. The summed E-state index contributed by atoms with van der Waals surface area (Å²) < 4.78 is 5.53. The van der Waals surface area contributed by atoms with E-state index in [1.165, 1.54) is 6.20 Å². The maximum atomic E-state index is 13.1. The van der Waals surface area contributed by atoms with Crippen LogP contribution >= 0.6 is 11.6 Å². The van der Waals surface area contributed by atoms with Gasteiger partial charge in [-0.05, 0) is 37.3 Å². The van der Waals surface area contributed by atoms with Crippen molar-refractivity contribution < 1.29 is 9.53 Å². The molecule has 0 bridgehead atoms. The van der Waals surface area contributed by atoms with E-state index in [1.807, 2.05) is 6.92 Å². The number of hydrogen-bond acceptors (Lipinski definition) is 4. The Balaban J connectivity index is 3.32. The lowest BCUT2D eigenvalue weighted by atomic mass is 9.69. The van der Waals surface area contributed by atoms with Crippen LogP contribution in [0.15, 0.2) is 18.3 Å². The van der Waals surface area contributed by atoms with E-state index in [2.05, 4.69) is 24.9 Å². The van der Waals surface area contributed by atoms with Gasteiger partial charge in [0.05, 0.1) is 23.4 Å². The molecule has 4 nitrogen and oxygen atoms in total. The highest BCUT2D eigenvalue weighted by molar-refractivity contribution is 6.30. The van der Waals surface area contributed by atoms with Crippen LogP contribution in [0.1, 0.15) is 77.8 Å². The third kappa shape index (κ3) is 5.71. The lowest BCUT2D eigenvalue weighted by Crippen LogP contribution is -2.44. The highest BCUT2D eigenvalue weighted by atomic mass is 35.5. The van der Waals surface area contributed by atoms with Gasteiger partial charge in [0.15, 0.2) is 5.41 Å². The fourth-order valence-electron chi connectivity index (χ4n) is 3.19. The van der Waals surface area contributed by atoms with Gasteiger partial charge in [0.2, 0.25) is 0 Å². The van der Waals surface area contributed by atoms with Gasteiger partial charge in [-0.3, -0.25) is 4.98 Å². The van der Waals surface area contributed by atoms with Crippen molar-refractivity contribution in [1.29, 1.82) is 5.26 Å². The second-order valence-electron chi connectivity index (χ2n) is 6.75. The summed E-state index contributed by atoms with van der Waals surface area (Å²) in [4.78, 5) is 17.5. The third-order valence-corrected chi connectivity index (χ3v) is 5.01. The minimum Gasteiger partial charge on any atom is -0.464 e. The lowest BCUT2D eigenvalue weighted by molar-refractivity contribution is -0.151. The Bertz CT molecular complexity index is 575. The van der Waals surface area contributed by atoms with Crippen LogP contribution in [-0.4, -0.2) is 17.6 Å². The van der Waals surface area contributed by atoms with Gasteiger partial charge in [-0.25, -0.2) is 4.79 Å². The number of rotatable bonds is 12. The molecule has 1 unspecified atom stereocenters. The second-order valence-corrected chi connectivity index (χ2v) is 7.19. The molecular formula is C21H31ClN2O2. The summed E-state index contributed by atoms with van der Waals surface area (Å²) in [5.41, 5.74) is -0.925. The monoisotopic (exact) mass is 378 g/mol. The average Bonchev–Trinajstić information content (AvgIpc) is 2.65. The largest absolute Gasteiger partial charge is 0.464 e. The molecule has 0 amide bonds. The number of pyridine rings is 1. The first kappa shape index (κ1) is 22.4. The van der Waals surface area contributed by atoms with E-state index in [9.17, 15) is 10.1 Å². The number of carbonyl (C=O) groups excluding carboxylic acids is 1. The third-order valence-electron chi connectivity index (χ3n) is 4.79. The molecule has 0 spiro atoms. The first-order valence-electron chi connectivity index (χ1n) is 9.77. The number of nitrogens with zero attached hydrogens (tertiary/aromatic N) is 2. The van der Waals surface area contributed by atoms with Crippen molar-refractivity contribution in [2.75, 3.05) is 6.61 Å². The van der Waals surface area contributed by atoms with E-state index in [1.54, 1.807) is 12.1 Å². The van der Waals surface area contributed by atoms with Gasteiger partial charge in [-0.15, -0.1) is 0 Å². The smallest absolute Gasteiger partial charge is 0.333 e. The van der Waals surface area contributed by atoms with Crippen molar-refractivity contribution in [1.82, 2.24) is 4.98 Å². The number of hydrogen-bond donors (Lipinski definition) is 0. The number of unbranched alkanes of at least 4 members (excludes halogenated alkanes) is 3. The molecule has 0 aliphatic carbocycles. The Labute approximate surface area is 162 Å². The van der Waals surface area contributed by atoms with Crippen LogP contribution in [0.2, 0.25) is 5.02 Å². The van der Waals surface area contributed by atoms with Crippen molar-refractivity contribution in [3.8, 4) is 6.07 Å². The Morgan fingerprint density at radius 3 is 2.27 bits per heavy atom. The molecule has 0 radical (unpaired) electrons. The van der Waals surface area contributed by atoms with E-state index in [4.69, 9.17) is 16.3 Å². The molecule has 1 atom stereocenters. The summed E-state index contributed by atoms with van der Waals surface area (Å²) in [5, 5.41) is 10.7. The van der Waals surface area contributed by atoms with Gasteiger partial charge in [-0.1, -0.05) is 64.5 Å². The van der Waals surface area contributed by atoms with Gasteiger partial charge in [0.25, 0.3) is 0 Å². The van der Waals surface area contributed by atoms with Crippen molar-refractivity contribution in [2.24, 2.45) is 5.92 Å². The van der Waals surface area contributed by atoms with Crippen LogP contribution in [0.3, 0.4) is 0 Å². The van der Waals surface area contributed by atoms with E-state index in [0.717, 1.165) is 51.4 Å². The van der Waals surface area contributed by atoms with Crippen LogP contribution < -0.4 is 0 Å². The van der Waals surface area contributed by atoms with Crippen LogP contribution in [-0.2, 0) is 14.9 Å². The maximum Gasteiger partial charge on any atom is 0.333 e. The minimum absolute atomic E-state index is 0.116. The zero-order chi connectivity index (χ0) is 19.4. The normalized spacial score (nSPS) is 13.2. The van der Waals surface area contributed by atoms with E-state index < -0.39 is 11.4 Å². The Hall–Kier alpha value is -1.60. The quantitative estimate of drug-likeness (QED) is 0.338. The zero-order valence-corrected chi connectivity index (χ0v) is 17.0. The van der Waals surface area contributed by atoms with Gasteiger partial charge in [-0.2, -0.15) is 5.26 Å². The molecule has 5 heteroatoms. The number of nitriles is 1. The molecule has 144 valence electrons. The summed E-state index contributed by atoms with van der Waals surface area (Å²) in [6, 6.07) is 5.69. The number of halogens is 1. The van der Waals surface area contributed by atoms with Gasteiger partial charge in [0.1, 0.15) is 0 Å². The predicted molar refractivity (Wildman–Crippen MR) is 105 cm³/mol. The van der Waals surface area contributed by atoms with Crippen molar-refractivity contribution in [3.05, 3.63) is 29.0 Å². The van der Waals surface area contributed by atoms with Crippen LogP contribution in [0.5, 0.6) is 0 Å². The molecule has 1 heterocycles. The molecule has 1 rings (SSSR count). The standard InChI is InChI=1S/C21H31ClN2O2/c1-4-7-10-17(11-8-5-2)21(16-23,20(25)26-14-9-6-3)19-13-12-18(22)15-24-19/h12-13,15,17H,4-11,14H2,1-3H3. The highest BCUT2D eigenvalue weighted by Gasteiger charge is 2.50. The number of esters is 1. The summed E-state index contributed by atoms with van der Waals surface area (Å²) in [6.07, 6.45) is 8.79. The van der Waals surface area contributed by atoms with Gasteiger partial charge < -0.3 is 4.74 Å². The van der Waals surface area contributed by atoms with E-state index in [-0.39, 0.29) is 5.92 Å². The molecule has 0 fully saturated rings. The lowest BCUT2D eigenvalue weighted by Gasteiger charge is -2.33. The average molecular weight is 379 g/mol. The molecule has 1 aromatic heterocycles. The summed E-state index contributed by atoms with van der Waals surface area (Å²) in [6.45, 7) is 6.61. The Kier molecular flexibility index (Phi) is 10.3. The summed E-state index contributed by atoms with van der Waals surface area (Å²) in [7, 11) is 0. The molecule has 26 heavy (non-hydrogen) atoms. The number of ether oxygens (including phenoxy) is 1. The van der Waals surface area contributed by atoms with E-state index in [0.29, 0.717) is 17.3 Å². The van der Waals surface area contributed by atoms with Crippen molar-refractivity contribution >= 4 is 17.6 Å². The van der Waals surface area contributed by atoms with Crippen LogP contribution in [0, 0.1) is 17.2 Å². The molecule has 0 aliphatic rings. The molecule has 0 aromatic carbocycles. The molecule has 1 aromatic rings. The molecule has 0 saturated carbocycles. The van der Waals surface area contributed by atoms with Crippen molar-refractivity contribution in [3.63, 3.8) is 0 Å².